The van der Waals surface area contributed by atoms with Crippen LogP contribution in [-0.2, 0) is 33.3 Å². The Balaban J connectivity index is 1.07. The summed E-state index contributed by atoms with van der Waals surface area (Å²) in [6.07, 6.45) is 4.20. The zero-order valence-corrected chi connectivity index (χ0v) is 29.5. The lowest BCUT2D eigenvalue weighted by molar-refractivity contribution is -0.142. The molecule has 3 N–H and O–H groups in total. The minimum Gasteiger partial charge on any atom is -0.436 e. The number of carbonyl (C=O) groups is 3. The number of hydrogen-bond acceptors (Lipinski definition) is 7. The van der Waals surface area contributed by atoms with Crippen LogP contribution in [0.3, 0.4) is 0 Å². The maximum atomic E-state index is 14.1. The molecule has 2 aromatic rings. The van der Waals surface area contributed by atoms with E-state index in [-0.39, 0.29) is 24.4 Å². The van der Waals surface area contributed by atoms with Crippen molar-refractivity contribution in [2.75, 3.05) is 56.9 Å². The lowest BCUT2D eigenvalue weighted by Crippen LogP contribution is -2.52. The third-order valence-corrected chi connectivity index (χ3v) is 12.0. The van der Waals surface area contributed by atoms with Gasteiger partial charge >= 0.3 is 12.1 Å². The van der Waals surface area contributed by atoms with E-state index in [0.717, 1.165) is 60.0 Å². The molecule has 6 rings (SSSR count). The fourth-order valence-corrected chi connectivity index (χ4v) is 8.74. The van der Waals surface area contributed by atoms with E-state index in [1.807, 2.05) is 60.0 Å². The van der Waals surface area contributed by atoms with Gasteiger partial charge in [-0.3, -0.25) is 4.79 Å². The Kier molecular flexibility index (Phi) is 11.0. The van der Waals surface area contributed by atoms with Gasteiger partial charge in [-0.1, -0.05) is 30.3 Å². The fourth-order valence-electron chi connectivity index (χ4n) is 8.19. The van der Waals surface area contributed by atoms with Crippen molar-refractivity contribution in [2.45, 2.75) is 77.4 Å². The van der Waals surface area contributed by atoms with Crippen LogP contribution in [0.5, 0.6) is 0 Å². The number of likely N-dealkylation sites (tertiary alicyclic amines) is 2. The Bertz CT molecular complexity index is 1580. The van der Waals surface area contributed by atoms with Gasteiger partial charge in [-0.2, -0.15) is 0 Å². The van der Waals surface area contributed by atoms with Crippen molar-refractivity contribution in [3.8, 4) is 0 Å². The quantitative estimate of drug-likeness (QED) is 0.294. The largest absolute Gasteiger partial charge is 0.436 e. The number of nitrogens with zero attached hydrogens (tertiary/aromatic N) is 4. The third-order valence-electron chi connectivity index (χ3n) is 11.2. The van der Waals surface area contributed by atoms with Gasteiger partial charge in [-0.05, 0) is 98.9 Å². The lowest BCUT2D eigenvalue weighted by Gasteiger charge is -2.40. The lowest BCUT2D eigenvalue weighted by atomic mass is 9.79. The van der Waals surface area contributed by atoms with Crippen molar-refractivity contribution in [3.63, 3.8) is 0 Å². The van der Waals surface area contributed by atoms with Crippen molar-refractivity contribution in [1.29, 1.82) is 0 Å². The van der Waals surface area contributed by atoms with Crippen LogP contribution in [0, 0.1) is 25.7 Å². The van der Waals surface area contributed by atoms with Crippen molar-refractivity contribution in [2.24, 2.45) is 11.8 Å². The molecule has 0 aromatic heterocycles. The molecule has 0 spiro atoms. The standard InChI is InChI=1S/C36H50N6O6S/c1-24-21-26(22-25(2)33(24)37)23-32(34(43)39-14-7-27(8-15-39)28-9-18-41(19-10-28)49(46)47)48-36(45)40-16-12-30(13-17-40)42-20-11-29-5-3-4-6-31(29)38-35(42)44/h3-6,21-22,27-28,30,32,49H,7-20,23,37H2,1-2H3,(H,38,44)/t32-/m1/s1. The van der Waals surface area contributed by atoms with E-state index in [9.17, 15) is 22.8 Å². The molecule has 0 radical (unpaired) electrons. The van der Waals surface area contributed by atoms with Crippen LogP contribution in [-0.4, -0.2) is 103 Å². The molecule has 0 unspecified atom stereocenters. The van der Waals surface area contributed by atoms with Crippen LogP contribution >= 0.6 is 0 Å². The highest BCUT2D eigenvalue weighted by molar-refractivity contribution is 7.69. The monoisotopic (exact) mass is 694 g/mol. The number of para-hydroxylation sites is 1. The number of urea groups is 1. The minimum atomic E-state index is -2.52. The van der Waals surface area contributed by atoms with E-state index in [1.165, 1.54) is 4.31 Å². The molecule has 3 fully saturated rings. The summed E-state index contributed by atoms with van der Waals surface area (Å²) in [6.45, 7) is 7.67. The molecule has 4 heterocycles. The number of nitrogens with one attached hydrogen (secondary N) is 1. The number of fused-ring (bicyclic) bond motifs is 1. The van der Waals surface area contributed by atoms with Crippen molar-refractivity contribution >= 4 is 40.3 Å². The second-order valence-corrected chi connectivity index (χ2v) is 15.2. The van der Waals surface area contributed by atoms with Crippen LogP contribution in [0.15, 0.2) is 36.4 Å². The molecule has 4 aliphatic rings. The summed E-state index contributed by atoms with van der Waals surface area (Å²) < 4.78 is 30.3. The number of nitrogens with two attached hydrogens (primary N) is 1. The average molecular weight is 695 g/mol. The summed E-state index contributed by atoms with van der Waals surface area (Å²) in [6, 6.07) is 11.7. The van der Waals surface area contributed by atoms with E-state index in [1.54, 1.807) is 4.90 Å². The summed E-state index contributed by atoms with van der Waals surface area (Å²) in [4.78, 5) is 46.2. The molecule has 13 heteroatoms. The predicted octanol–water partition coefficient (Wildman–Crippen LogP) is 3.96. The van der Waals surface area contributed by atoms with Gasteiger partial charge in [0.15, 0.2) is 6.10 Å². The predicted molar refractivity (Wildman–Crippen MR) is 189 cm³/mol. The summed E-state index contributed by atoms with van der Waals surface area (Å²) in [7, 11) is -2.52. The van der Waals surface area contributed by atoms with Gasteiger partial charge in [0.2, 0.25) is 10.9 Å². The zero-order chi connectivity index (χ0) is 34.7. The number of thiol groups is 1. The Morgan fingerprint density at radius 3 is 2.10 bits per heavy atom. The van der Waals surface area contributed by atoms with Gasteiger partial charge < -0.3 is 30.5 Å². The average Bonchev–Trinajstić information content (AvgIpc) is 3.28. The summed E-state index contributed by atoms with van der Waals surface area (Å²) >= 11 is 0. The minimum absolute atomic E-state index is 0.00746. The fraction of sp³-hybridized carbons (Fsp3) is 0.583. The zero-order valence-electron chi connectivity index (χ0n) is 28.6. The molecule has 4 amide bonds. The summed E-state index contributed by atoms with van der Waals surface area (Å²) in [5, 5.41) is 3.04. The number of ether oxygens (including phenoxy) is 1. The number of rotatable bonds is 7. The third kappa shape index (κ3) is 8.15. The van der Waals surface area contributed by atoms with Crippen LogP contribution in [0.2, 0.25) is 0 Å². The summed E-state index contributed by atoms with van der Waals surface area (Å²) in [5.41, 5.74) is 11.6. The van der Waals surface area contributed by atoms with Crippen LogP contribution in [0.25, 0.3) is 0 Å². The first kappa shape index (κ1) is 35.0. The first-order valence-electron chi connectivity index (χ1n) is 17.7. The van der Waals surface area contributed by atoms with Crippen molar-refractivity contribution in [1.82, 2.24) is 19.0 Å². The molecular weight excluding hydrogens is 644 g/mol. The second kappa shape index (κ2) is 15.4. The van der Waals surface area contributed by atoms with E-state index in [2.05, 4.69) is 5.32 Å². The number of benzene rings is 2. The number of amides is 4. The van der Waals surface area contributed by atoms with Crippen molar-refractivity contribution < 1.29 is 27.5 Å². The maximum Gasteiger partial charge on any atom is 0.410 e. The Morgan fingerprint density at radius 2 is 1.47 bits per heavy atom. The highest BCUT2D eigenvalue weighted by Gasteiger charge is 2.37. The van der Waals surface area contributed by atoms with E-state index in [0.29, 0.717) is 76.2 Å². The number of nitrogen functional groups attached to an aromatic ring is 1. The molecule has 1 atom stereocenters. The molecule has 3 saturated heterocycles. The Labute approximate surface area is 291 Å². The van der Waals surface area contributed by atoms with Gasteiger partial charge in [0, 0.05) is 69.7 Å². The smallest absolute Gasteiger partial charge is 0.410 e. The SMILES string of the molecule is Cc1cc(C[C@@H](OC(=O)N2CCC(N3CCc4ccccc4NC3=O)CC2)C(=O)N2CCC(C3CCN([SH](=O)=O)CC3)CC2)cc(C)c1N. The van der Waals surface area contributed by atoms with E-state index < -0.39 is 23.1 Å². The molecule has 49 heavy (non-hydrogen) atoms. The van der Waals surface area contributed by atoms with Gasteiger partial charge in [-0.25, -0.2) is 22.3 Å². The number of aryl methyl sites for hydroxylation is 2. The molecule has 2 aromatic carbocycles. The number of piperidine rings is 3. The van der Waals surface area contributed by atoms with E-state index in [4.69, 9.17) is 10.5 Å². The molecule has 4 aliphatic heterocycles. The molecule has 12 nitrogen and oxygen atoms in total. The van der Waals surface area contributed by atoms with Gasteiger partial charge in [0.1, 0.15) is 0 Å². The van der Waals surface area contributed by atoms with E-state index >= 15 is 0 Å². The number of hydrogen-bond donors (Lipinski definition) is 3. The van der Waals surface area contributed by atoms with Crippen LogP contribution < -0.4 is 11.1 Å². The first-order chi connectivity index (χ1) is 23.6. The summed E-state index contributed by atoms with van der Waals surface area (Å²) in [5.74, 6) is 0.713. The van der Waals surface area contributed by atoms with Crippen molar-refractivity contribution in [3.05, 3.63) is 58.7 Å². The maximum absolute atomic E-state index is 14.1. The van der Waals surface area contributed by atoms with Crippen LogP contribution in [0.4, 0.5) is 21.0 Å². The second-order valence-electron chi connectivity index (χ2n) is 14.2. The van der Waals surface area contributed by atoms with Crippen LogP contribution in [0.1, 0.15) is 60.8 Å². The molecule has 0 aliphatic carbocycles. The van der Waals surface area contributed by atoms with Gasteiger partial charge in [-0.15, -0.1) is 0 Å². The highest BCUT2D eigenvalue weighted by Crippen LogP contribution is 2.33. The topological polar surface area (TPSA) is 146 Å². The normalized spacial score (nSPS) is 20.9. The molecular formula is C36H50N6O6S. The number of carbonyl (C=O) groups excluding carboxylic acids is 3. The van der Waals surface area contributed by atoms with Gasteiger partial charge in [0.05, 0.1) is 0 Å². The van der Waals surface area contributed by atoms with Gasteiger partial charge in [0.25, 0.3) is 5.91 Å². The first-order valence-corrected chi connectivity index (χ1v) is 18.8. The Hall–Kier alpha value is -3.84. The highest BCUT2D eigenvalue weighted by atomic mass is 32.2. The molecule has 0 bridgehead atoms. The Morgan fingerprint density at radius 1 is 0.878 bits per heavy atom. The molecule has 0 saturated carbocycles. The molecule has 266 valence electrons. The number of anilines is 2.